The molecule has 0 saturated carbocycles. The summed E-state index contributed by atoms with van der Waals surface area (Å²) in [6, 6.07) is 13.3. The highest BCUT2D eigenvalue weighted by molar-refractivity contribution is 6.30. The maximum absolute atomic E-state index is 11.8. The van der Waals surface area contributed by atoms with Gasteiger partial charge in [-0.05, 0) is 37.6 Å². The first-order valence-electron chi connectivity index (χ1n) is 8.54. The second kappa shape index (κ2) is 6.89. The van der Waals surface area contributed by atoms with E-state index in [9.17, 15) is 4.79 Å². The summed E-state index contributed by atoms with van der Waals surface area (Å²) in [5.41, 5.74) is 8.33. The molecule has 4 rings (SSSR count). The number of aromatic nitrogens is 2. The smallest absolute Gasteiger partial charge is 0.339 e. The number of aryl methyl sites for hydroxylation is 2. The van der Waals surface area contributed by atoms with Crippen LogP contribution in [0.25, 0.3) is 0 Å². The average molecular weight is 380 g/mol. The minimum absolute atomic E-state index is 0.291. The first-order valence-corrected chi connectivity index (χ1v) is 8.91. The van der Waals surface area contributed by atoms with Gasteiger partial charge < -0.3 is 10.3 Å². The number of aromatic amines is 1. The summed E-state index contributed by atoms with van der Waals surface area (Å²) >= 11 is 6.21. The van der Waals surface area contributed by atoms with Gasteiger partial charge in [-0.3, -0.25) is 5.43 Å². The van der Waals surface area contributed by atoms with Gasteiger partial charge in [0.2, 0.25) is 0 Å². The summed E-state index contributed by atoms with van der Waals surface area (Å²) in [6.07, 6.45) is 1.76. The molecule has 3 N–H and O–H groups in total. The molecule has 0 aliphatic carbocycles. The molecule has 0 bridgehead atoms. The van der Waals surface area contributed by atoms with Crippen molar-refractivity contribution in [1.82, 2.24) is 15.4 Å². The molecule has 1 aliphatic heterocycles. The van der Waals surface area contributed by atoms with Crippen molar-refractivity contribution in [3.63, 3.8) is 0 Å². The van der Waals surface area contributed by atoms with Crippen molar-refractivity contribution in [2.24, 2.45) is 5.10 Å². The monoisotopic (exact) mass is 379 g/mol. The number of H-pyrrole nitrogens is 1. The molecular formula is C20H18ClN5O. The molecule has 1 atom stereocenters. The average Bonchev–Trinajstić information content (AvgIpc) is 2.63. The summed E-state index contributed by atoms with van der Waals surface area (Å²) in [5.74, 6) is 0.522. The van der Waals surface area contributed by atoms with Crippen LogP contribution in [0.2, 0.25) is 5.02 Å². The molecule has 1 aromatic heterocycles. The molecule has 0 amide bonds. The van der Waals surface area contributed by atoms with Crippen LogP contribution in [0.15, 0.2) is 52.4 Å². The van der Waals surface area contributed by atoms with E-state index in [1.807, 2.05) is 50.2 Å². The van der Waals surface area contributed by atoms with Gasteiger partial charge in [-0.15, -0.1) is 0 Å². The van der Waals surface area contributed by atoms with Crippen LogP contribution >= 0.6 is 11.6 Å². The molecule has 6 nitrogen and oxygen atoms in total. The Morgan fingerprint density at radius 2 is 1.96 bits per heavy atom. The molecule has 136 valence electrons. The molecule has 0 spiro atoms. The molecule has 2 heterocycles. The fraction of sp³-hybridized carbons (Fsp3) is 0.150. The summed E-state index contributed by atoms with van der Waals surface area (Å²) in [6.45, 7) is 3.89. The van der Waals surface area contributed by atoms with Gasteiger partial charge in [-0.2, -0.15) is 10.1 Å². The fourth-order valence-electron chi connectivity index (χ4n) is 3.19. The van der Waals surface area contributed by atoms with Crippen molar-refractivity contribution in [3.05, 3.63) is 85.9 Å². The van der Waals surface area contributed by atoms with Crippen LogP contribution in [0.4, 0.5) is 11.5 Å². The van der Waals surface area contributed by atoms with E-state index in [0.717, 1.165) is 28.1 Å². The van der Waals surface area contributed by atoms with Crippen molar-refractivity contribution in [2.45, 2.75) is 19.9 Å². The molecule has 1 aliphatic rings. The third-order valence-electron chi connectivity index (χ3n) is 4.53. The number of anilines is 2. The summed E-state index contributed by atoms with van der Waals surface area (Å²) in [5, 5.41) is 8.26. The number of halogens is 1. The Kier molecular flexibility index (Phi) is 4.41. The van der Waals surface area contributed by atoms with Crippen LogP contribution in [0.1, 0.15) is 34.0 Å². The third-order valence-corrected chi connectivity index (χ3v) is 4.76. The lowest BCUT2D eigenvalue weighted by molar-refractivity contribution is 0.629. The largest absolute Gasteiger partial charge is 0.347 e. The molecule has 0 saturated heterocycles. The Bertz CT molecular complexity index is 1090. The number of benzene rings is 2. The molecule has 1 unspecified atom stereocenters. The number of rotatable bonds is 3. The second-order valence-corrected chi connectivity index (χ2v) is 6.95. The lowest BCUT2D eigenvalue weighted by Gasteiger charge is -2.29. The number of fused-ring (bicyclic) bond motifs is 2. The molecule has 7 heteroatoms. The highest BCUT2D eigenvalue weighted by Crippen LogP contribution is 2.40. The van der Waals surface area contributed by atoms with E-state index in [4.69, 9.17) is 11.6 Å². The Labute approximate surface area is 161 Å². The topological polar surface area (TPSA) is 82.2 Å². The zero-order valence-electron chi connectivity index (χ0n) is 14.9. The minimum atomic E-state index is -0.391. The first kappa shape index (κ1) is 17.3. The summed E-state index contributed by atoms with van der Waals surface area (Å²) < 4.78 is 0. The zero-order chi connectivity index (χ0) is 19.0. The predicted molar refractivity (Wildman–Crippen MR) is 108 cm³/mol. The lowest BCUT2D eigenvalue weighted by atomic mass is 9.93. The Morgan fingerprint density at radius 1 is 1.19 bits per heavy atom. The van der Waals surface area contributed by atoms with Crippen molar-refractivity contribution >= 4 is 29.3 Å². The molecule has 0 radical (unpaired) electrons. The SMILES string of the molecule is Cc1ccc(/C=N\NC2c3cc(Cl)ccc3Nc3nc(=O)[nH]c(C)c32)cc1. The van der Waals surface area contributed by atoms with Crippen LogP contribution in [-0.2, 0) is 0 Å². The van der Waals surface area contributed by atoms with E-state index in [2.05, 4.69) is 25.8 Å². The van der Waals surface area contributed by atoms with E-state index in [-0.39, 0.29) is 6.04 Å². The van der Waals surface area contributed by atoms with Crippen LogP contribution in [0.3, 0.4) is 0 Å². The Balaban J connectivity index is 1.73. The predicted octanol–water partition coefficient (Wildman–Crippen LogP) is 3.81. The van der Waals surface area contributed by atoms with Gasteiger partial charge in [-0.1, -0.05) is 41.4 Å². The van der Waals surface area contributed by atoms with Gasteiger partial charge >= 0.3 is 5.69 Å². The number of nitrogens with one attached hydrogen (secondary N) is 3. The van der Waals surface area contributed by atoms with Gasteiger partial charge in [0.15, 0.2) is 0 Å². The quantitative estimate of drug-likeness (QED) is 0.477. The maximum atomic E-state index is 11.8. The molecule has 2 aromatic carbocycles. The molecule has 27 heavy (non-hydrogen) atoms. The number of hydrogen-bond donors (Lipinski definition) is 3. The van der Waals surface area contributed by atoms with Crippen LogP contribution in [-0.4, -0.2) is 16.2 Å². The highest BCUT2D eigenvalue weighted by atomic mass is 35.5. The normalized spacial score (nSPS) is 15.1. The molecular weight excluding hydrogens is 362 g/mol. The Morgan fingerprint density at radius 3 is 2.74 bits per heavy atom. The number of hydrogen-bond acceptors (Lipinski definition) is 5. The van der Waals surface area contributed by atoms with Gasteiger partial charge in [0.1, 0.15) is 11.9 Å². The van der Waals surface area contributed by atoms with Crippen LogP contribution < -0.4 is 16.4 Å². The van der Waals surface area contributed by atoms with E-state index in [0.29, 0.717) is 10.8 Å². The van der Waals surface area contributed by atoms with Crippen molar-refractivity contribution < 1.29 is 0 Å². The first-order chi connectivity index (χ1) is 13.0. The van der Waals surface area contributed by atoms with E-state index in [1.165, 1.54) is 5.56 Å². The standard InChI is InChI=1S/C20H18ClN5O/c1-11-3-5-13(6-4-11)10-22-26-18-15-9-14(21)7-8-16(15)24-19-17(18)12(2)23-20(27)25-19/h3-10,18,26H,1-2H3,(H2,23,24,25,27)/b22-10-. The van der Waals surface area contributed by atoms with E-state index in [1.54, 1.807) is 12.3 Å². The van der Waals surface area contributed by atoms with E-state index < -0.39 is 5.69 Å². The third kappa shape index (κ3) is 3.44. The fourth-order valence-corrected chi connectivity index (χ4v) is 3.37. The Hall–Kier alpha value is -3.12. The van der Waals surface area contributed by atoms with Gasteiger partial charge in [0.05, 0.1) is 6.21 Å². The summed E-state index contributed by atoms with van der Waals surface area (Å²) in [7, 11) is 0. The molecule has 3 aromatic rings. The van der Waals surface area contributed by atoms with Crippen molar-refractivity contribution in [2.75, 3.05) is 5.32 Å². The zero-order valence-corrected chi connectivity index (χ0v) is 15.6. The van der Waals surface area contributed by atoms with Gasteiger partial charge in [0.25, 0.3) is 0 Å². The second-order valence-electron chi connectivity index (χ2n) is 6.52. The number of hydrazone groups is 1. The van der Waals surface area contributed by atoms with Crippen LogP contribution in [0, 0.1) is 13.8 Å². The lowest BCUT2D eigenvalue weighted by Crippen LogP contribution is -2.28. The maximum Gasteiger partial charge on any atom is 0.347 e. The molecule has 0 fully saturated rings. The van der Waals surface area contributed by atoms with Gasteiger partial charge in [-0.25, -0.2) is 4.79 Å². The van der Waals surface area contributed by atoms with Crippen molar-refractivity contribution in [1.29, 1.82) is 0 Å². The van der Waals surface area contributed by atoms with Gasteiger partial charge in [0, 0.05) is 27.5 Å². The van der Waals surface area contributed by atoms with E-state index >= 15 is 0 Å². The van der Waals surface area contributed by atoms with Crippen molar-refractivity contribution in [3.8, 4) is 0 Å². The summed E-state index contributed by atoms with van der Waals surface area (Å²) in [4.78, 5) is 18.6. The minimum Gasteiger partial charge on any atom is -0.339 e. The van der Waals surface area contributed by atoms with Crippen LogP contribution in [0.5, 0.6) is 0 Å². The number of nitrogens with zero attached hydrogens (tertiary/aromatic N) is 2. The highest BCUT2D eigenvalue weighted by Gasteiger charge is 2.29.